The van der Waals surface area contributed by atoms with E-state index < -0.39 is 0 Å². The molecule has 0 radical (unpaired) electrons. The van der Waals surface area contributed by atoms with Crippen molar-refractivity contribution in [2.75, 3.05) is 13.1 Å². The highest BCUT2D eigenvalue weighted by atomic mass is 19.1. The van der Waals surface area contributed by atoms with Crippen molar-refractivity contribution in [3.05, 3.63) is 35.6 Å². The molecule has 0 spiro atoms. The van der Waals surface area contributed by atoms with Crippen LogP contribution in [0, 0.1) is 17.7 Å². The van der Waals surface area contributed by atoms with Gasteiger partial charge < -0.3 is 5.32 Å². The smallest absolute Gasteiger partial charge is 0.123 e. The van der Waals surface area contributed by atoms with Crippen LogP contribution in [0.15, 0.2) is 24.3 Å². The maximum Gasteiger partial charge on any atom is 0.123 e. The van der Waals surface area contributed by atoms with Crippen LogP contribution in [-0.2, 0) is 0 Å². The van der Waals surface area contributed by atoms with Gasteiger partial charge in [-0.3, -0.25) is 0 Å². The van der Waals surface area contributed by atoms with E-state index in [0.717, 1.165) is 31.0 Å². The zero-order chi connectivity index (χ0) is 15.0. The third-order valence-corrected chi connectivity index (χ3v) is 4.04. The molecule has 0 saturated heterocycles. The number of rotatable bonds is 9. The highest BCUT2D eigenvalue weighted by Crippen LogP contribution is 2.27. The molecule has 2 heteroatoms. The van der Waals surface area contributed by atoms with Crippen LogP contribution in [0.3, 0.4) is 0 Å². The molecule has 1 aromatic carbocycles. The summed E-state index contributed by atoms with van der Waals surface area (Å²) in [6.07, 6.45) is 3.54. The minimum atomic E-state index is -0.124. The molecule has 0 fully saturated rings. The number of halogens is 1. The van der Waals surface area contributed by atoms with Gasteiger partial charge in [-0.2, -0.15) is 0 Å². The van der Waals surface area contributed by atoms with Crippen LogP contribution in [0.4, 0.5) is 4.39 Å². The highest BCUT2D eigenvalue weighted by molar-refractivity contribution is 5.21. The standard InChI is InChI=1S/C18H30FN/c1-5-15(6-2)10-17(13-20-12-14(3)4)16-8-7-9-18(19)11-16/h7-9,11,14-15,17,20H,5-6,10,12-13H2,1-4H3. The average Bonchev–Trinajstić information content (AvgIpc) is 2.42. The Hall–Kier alpha value is -0.890. The van der Waals surface area contributed by atoms with Gasteiger partial charge in [0.15, 0.2) is 0 Å². The molecule has 1 unspecified atom stereocenters. The summed E-state index contributed by atoms with van der Waals surface area (Å²) in [4.78, 5) is 0. The zero-order valence-electron chi connectivity index (χ0n) is 13.5. The zero-order valence-corrected chi connectivity index (χ0v) is 13.5. The molecule has 0 bridgehead atoms. The molecule has 0 aliphatic carbocycles. The molecule has 0 aliphatic heterocycles. The summed E-state index contributed by atoms with van der Waals surface area (Å²) in [6, 6.07) is 7.11. The third kappa shape index (κ3) is 6.04. The van der Waals surface area contributed by atoms with E-state index in [9.17, 15) is 4.39 Å². The number of nitrogens with one attached hydrogen (secondary N) is 1. The number of hydrogen-bond acceptors (Lipinski definition) is 1. The Morgan fingerprint density at radius 1 is 1.10 bits per heavy atom. The molecule has 1 nitrogen and oxygen atoms in total. The second kappa shape index (κ2) is 9.12. The second-order valence-corrected chi connectivity index (χ2v) is 6.22. The van der Waals surface area contributed by atoms with Crippen molar-refractivity contribution in [1.29, 1.82) is 0 Å². The molecular formula is C18H30FN. The highest BCUT2D eigenvalue weighted by Gasteiger charge is 2.16. The van der Waals surface area contributed by atoms with E-state index in [4.69, 9.17) is 0 Å². The van der Waals surface area contributed by atoms with Gasteiger partial charge in [0.25, 0.3) is 0 Å². The number of hydrogen-bond donors (Lipinski definition) is 1. The summed E-state index contributed by atoms with van der Waals surface area (Å²) in [5.74, 6) is 1.66. The second-order valence-electron chi connectivity index (χ2n) is 6.22. The van der Waals surface area contributed by atoms with Crippen molar-refractivity contribution in [2.24, 2.45) is 11.8 Å². The normalized spacial score (nSPS) is 13.2. The Morgan fingerprint density at radius 2 is 1.80 bits per heavy atom. The van der Waals surface area contributed by atoms with Crippen molar-refractivity contribution in [1.82, 2.24) is 5.32 Å². The third-order valence-electron chi connectivity index (χ3n) is 4.04. The van der Waals surface area contributed by atoms with Crippen LogP contribution in [0.25, 0.3) is 0 Å². The lowest BCUT2D eigenvalue weighted by atomic mass is 9.86. The fourth-order valence-corrected chi connectivity index (χ4v) is 2.67. The van der Waals surface area contributed by atoms with Crippen molar-refractivity contribution < 1.29 is 4.39 Å². The molecule has 0 aliphatic rings. The molecular weight excluding hydrogens is 249 g/mol. The van der Waals surface area contributed by atoms with Crippen molar-refractivity contribution in [2.45, 2.75) is 52.9 Å². The van der Waals surface area contributed by atoms with E-state index in [1.54, 1.807) is 6.07 Å². The van der Waals surface area contributed by atoms with Crippen LogP contribution in [0.2, 0.25) is 0 Å². The van der Waals surface area contributed by atoms with Gasteiger partial charge in [0.2, 0.25) is 0 Å². The van der Waals surface area contributed by atoms with Gasteiger partial charge in [-0.1, -0.05) is 52.7 Å². The number of benzene rings is 1. The van der Waals surface area contributed by atoms with Gasteiger partial charge in [0.05, 0.1) is 0 Å². The molecule has 0 saturated carbocycles. The van der Waals surface area contributed by atoms with Crippen LogP contribution in [0.1, 0.15) is 58.4 Å². The van der Waals surface area contributed by atoms with Gasteiger partial charge >= 0.3 is 0 Å². The summed E-state index contributed by atoms with van der Waals surface area (Å²) in [5.41, 5.74) is 1.13. The van der Waals surface area contributed by atoms with E-state index in [2.05, 4.69) is 39.1 Å². The Morgan fingerprint density at radius 3 is 2.35 bits per heavy atom. The lowest BCUT2D eigenvalue weighted by molar-refractivity contribution is 0.391. The summed E-state index contributed by atoms with van der Waals surface area (Å²) in [6.45, 7) is 10.9. The maximum absolute atomic E-state index is 13.5. The summed E-state index contributed by atoms with van der Waals surface area (Å²) in [7, 11) is 0. The van der Waals surface area contributed by atoms with E-state index in [1.165, 1.54) is 18.9 Å². The first-order valence-electron chi connectivity index (χ1n) is 8.02. The largest absolute Gasteiger partial charge is 0.316 e. The lowest BCUT2D eigenvalue weighted by Gasteiger charge is -2.23. The van der Waals surface area contributed by atoms with Gasteiger partial charge in [-0.25, -0.2) is 4.39 Å². The molecule has 0 aromatic heterocycles. The van der Waals surface area contributed by atoms with Crippen LogP contribution >= 0.6 is 0 Å². The quantitative estimate of drug-likeness (QED) is 0.672. The molecule has 1 rings (SSSR count). The van der Waals surface area contributed by atoms with E-state index in [-0.39, 0.29) is 5.82 Å². The first-order valence-corrected chi connectivity index (χ1v) is 8.02. The van der Waals surface area contributed by atoms with Gasteiger partial charge in [0.1, 0.15) is 5.82 Å². The van der Waals surface area contributed by atoms with Gasteiger partial charge in [0, 0.05) is 6.54 Å². The molecule has 114 valence electrons. The van der Waals surface area contributed by atoms with E-state index in [0.29, 0.717) is 11.8 Å². The Kier molecular flexibility index (Phi) is 7.83. The maximum atomic E-state index is 13.5. The molecule has 1 N–H and O–H groups in total. The first-order chi connectivity index (χ1) is 9.56. The minimum Gasteiger partial charge on any atom is -0.316 e. The van der Waals surface area contributed by atoms with Crippen molar-refractivity contribution >= 4 is 0 Å². The summed E-state index contributed by atoms with van der Waals surface area (Å²) in [5, 5.41) is 3.53. The monoisotopic (exact) mass is 279 g/mol. The predicted molar refractivity (Wildman–Crippen MR) is 85.5 cm³/mol. The Bertz CT molecular complexity index is 371. The average molecular weight is 279 g/mol. The Labute approximate surface area is 124 Å². The van der Waals surface area contributed by atoms with Crippen molar-refractivity contribution in [3.63, 3.8) is 0 Å². The van der Waals surface area contributed by atoms with Crippen molar-refractivity contribution in [3.8, 4) is 0 Å². The molecule has 0 heterocycles. The predicted octanol–water partition coefficient (Wildman–Crippen LogP) is 4.98. The van der Waals surface area contributed by atoms with Crippen LogP contribution in [-0.4, -0.2) is 13.1 Å². The van der Waals surface area contributed by atoms with E-state index in [1.807, 2.05) is 6.07 Å². The van der Waals surface area contributed by atoms with E-state index >= 15 is 0 Å². The molecule has 1 atom stereocenters. The lowest BCUT2D eigenvalue weighted by Crippen LogP contribution is -2.26. The summed E-state index contributed by atoms with van der Waals surface area (Å²) >= 11 is 0. The topological polar surface area (TPSA) is 12.0 Å². The SMILES string of the molecule is CCC(CC)CC(CNCC(C)C)c1cccc(F)c1. The molecule has 1 aromatic rings. The van der Waals surface area contributed by atoms with Gasteiger partial charge in [-0.15, -0.1) is 0 Å². The fraction of sp³-hybridized carbons (Fsp3) is 0.667. The fourth-order valence-electron chi connectivity index (χ4n) is 2.67. The van der Waals surface area contributed by atoms with Crippen LogP contribution < -0.4 is 5.32 Å². The Balaban J connectivity index is 2.72. The van der Waals surface area contributed by atoms with Crippen LogP contribution in [0.5, 0.6) is 0 Å². The minimum absolute atomic E-state index is 0.124. The molecule has 20 heavy (non-hydrogen) atoms. The van der Waals surface area contributed by atoms with Gasteiger partial charge in [-0.05, 0) is 48.4 Å². The molecule has 0 amide bonds. The summed E-state index contributed by atoms with van der Waals surface area (Å²) < 4.78 is 13.5. The first kappa shape index (κ1) is 17.2.